The molecule has 13 heavy (non-hydrogen) atoms. The first-order valence-electron chi connectivity index (χ1n) is 3.52. The van der Waals surface area contributed by atoms with Crippen molar-refractivity contribution >= 4 is 15.9 Å². The van der Waals surface area contributed by atoms with Gasteiger partial charge >= 0.3 is 0 Å². The van der Waals surface area contributed by atoms with E-state index in [1.54, 1.807) is 0 Å². The minimum absolute atomic E-state index is 0.0943. The molecule has 1 rings (SSSR count). The lowest BCUT2D eigenvalue weighted by Gasteiger charge is -2.08. The Hall–Kier alpha value is -0.680. The summed E-state index contributed by atoms with van der Waals surface area (Å²) in [7, 11) is 1.33. The van der Waals surface area contributed by atoms with Crippen LogP contribution in [0, 0.1) is 11.6 Å². The lowest BCUT2D eigenvalue weighted by Crippen LogP contribution is -2.05. The fourth-order valence-electron chi connectivity index (χ4n) is 0.947. The zero-order valence-electron chi connectivity index (χ0n) is 6.90. The van der Waals surface area contributed by atoms with Crippen LogP contribution in [0.1, 0.15) is 5.56 Å². The van der Waals surface area contributed by atoms with Crippen LogP contribution in [0.2, 0.25) is 0 Å². The topological polar surface area (TPSA) is 35.2 Å². The Morgan fingerprint density at radius 2 is 2.15 bits per heavy atom. The van der Waals surface area contributed by atoms with Gasteiger partial charge in [-0.3, -0.25) is 0 Å². The smallest absolute Gasteiger partial charge is 0.148 e. The minimum atomic E-state index is -0.709. The Labute approximate surface area is 82.8 Å². The van der Waals surface area contributed by atoms with Gasteiger partial charge in [0.15, 0.2) is 0 Å². The third-order valence-electron chi connectivity index (χ3n) is 1.64. The van der Waals surface area contributed by atoms with Gasteiger partial charge in [0.05, 0.1) is 11.6 Å². The molecule has 2 N–H and O–H groups in total. The number of benzene rings is 1. The monoisotopic (exact) mass is 251 g/mol. The highest BCUT2D eigenvalue weighted by Crippen LogP contribution is 2.31. The standard InChI is InChI=1S/C8H8BrF2NO/c1-13-6-2-5(10)4(3-12)8(11)7(6)9/h2H,3,12H2,1H3. The van der Waals surface area contributed by atoms with Crippen molar-refractivity contribution < 1.29 is 13.5 Å². The largest absolute Gasteiger partial charge is 0.495 e. The van der Waals surface area contributed by atoms with E-state index >= 15 is 0 Å². The van der Waals surface area contributed by atoms with Gasteiger partial charge in [-0.25, -0.2) is 8.78 Å². The fourth-order valence-corrected chi connectivity index (χ4v) is 1.46. The summed E-state index contributed by atoms with van der Waals surface area (Å²) in [6.07, 6.45) is 0. The van der Waals surface area contributed by atoms with Gasteiger partial charge in [0.1, 0.15) is 17.4 Å². The predicted molar refractivity (Wildman–Crippen MR) is 48.5 cm³/mol. The number of nitrogens with two attached hydrogens (primary N) is 1. The quantitative estimate of drug-likeness (QED) is 0.819. The van der Waals surface area contributed by atoms with Crippen molar-refractivity contribution in [2.45, 2.75) is 6.54 Å². The van der Waals surface area contributed by atoms with Gasteiger partial charge in [-0.05, 0) is 15.9 Å². The molecule has 0 bridgehead atoms. The van der Waals surface area contributed by atoms with Crippen LogP contribution >= 0.6 is 15.9 Å². The molecule has 0 saturated heterocycles. The zero-order chi connectivity index (χ0) is 10.0. The van der Waals surface area contributed by atoms with E-state index < -0.39 is 11.6 Å². The third kappa shape index (κ3) is 1.81. The molecule has 72 valence electrons. The van der Waals surface area contributed by atoms with Crippen LogP contribution in [0.5, 0.6) is 5.75 Å². The van der Waals surface area contributed by atoms with Crippen molar-refractivity contribution in [1.29, 1.82) is 0 Å². The van der Waals surface area contributed by atoms with Crippen molar-refractivity contribution in [3.8, 4) is 5.75 Å². The van der Waals surface area contributed by atoms with Gasteiger partial charge in [-0.2, -0.15) is 0 Å². The third-order valence-corrected chi connectivity index (χ3v) is 2.38. The number of halogens is 3. The van der Waals surface area contributed by atoms with Crippen molar-refractivity contribution in [2.75, 3.05) is 7.11 Å². The fraction of sp³-hybridized carbons (Fsp3) is 0.250. The molecule has 0 saturated carbocycles. The van der Waals surface area contributed by atoms with Crippen molar-refractivity contribution in [3.63, 3.8) is 0 Å². The van der Waals surface area contributed by atoms with Crippen LogP contribution in [0.3, 0.4) is 0 Å². The zero-order valence-corrected chi connectivity index (χ0v) is 8.49. The highest BCUT2D eigenvalue weighted by atomic mass is 79.9. The Balaban J connectivity index is 3.37. The van der Waals surface area contributed by atoms with E-state index in [2.05, 4.69) is 15.9 Å². The molecule has 0 heterocycles. The van der Waals surface area contributed by atoms with Crippen LogP contribution in [0.4, 0.5) is 8.78 Å². The van der Waals surface area contributed by atoms with Gasteiger partial charge in [-0.1, -0.05) is 0 Å². The summed E-state index contributed by atoms with van der Waals surface area (Å²) in [6.45, 7) is -0.180. The van der Waals surface area contributed by atoms with Gasteiger partial charge in [-0.15, -0.1) is 0 Å². The average Bonchev–Trinajstić information content (AvgIpc) is 2.12. The second-order valence-electron chi connectivity index (χ2n) is 2.37. The lowest BCUT2D eigenvalue weighted by molar-refractivity contribution is 0.401. The number of rotatable bonds is 2. The summed E-state index contributed by atoms with van der Waals surface area (Å²) in [4.78, 5) is 0. The van der Waals surface area contributed by atoms with E-state index in [0.29, 0.717) is 0 Å². The lowest BCUT2D eigenvalue weighted by atomic mass is 10.2. The molecule has 5 heteroatoms. The van der Waals surface area contributed by atoms with Crippen LogP contribution < -0.4 is 10.5 Å². The SMILES string of the molecule is COc1cc(F)c(CN)c(F)c1Br. The highest BCUT2D eigenvalue weighted by Gasteiger charge is 2.15. The normalized spacial score (nSPS) is 10.2. The van der Waals surface area contributed by atoms with E-state index in [9.17, 15) is 8.78 Å². The molecular weight excluding hydrogens is 244 g/mol. The Morgan fingerprint density at radius 3 is 2.62 bits per heavy atom. The van der Waals surface area contributed by atoms with Crippen molar-refractivity contribution in [3.05, 3.63) is 27.7 Å². The van der Waals surface area contributed by atoms with Gasteiger partial charge in [0.2, 0.25) is 0 Å². The van der Waals surface area contributed by atoms with Gasteiger partial charge in [0.25, 0.3) is 0 Å². The summed E-state index contributed by atoms with van der Waals surface area (Å²) in [5.41, 5.74) is 5.02. The second-order valence-corrected chi connectivity index (χ2v) is 3.16. The van der Waals surface area contributed by atoms with Crippen molar-refractivity contribution in [1.82, 2.24) is 0 Å². The summed E-state index contributed by atoms with van der Waals surface area (Å²) < 4.78 is 31.2. The van der Waals surface area contributed by atoms with E-state index in [1.165, 1.54) is 7.11 Å². The first-order valence-corrected chi connectivity index (χ1v) is 4.31. The molecule has 0 aliphatic heterocycles. The van der Waals surface area contributed by atoms with E-state index in [0.717, 1.165) is 6.07 Å². The number of hydrogen-bond donors (Lipinski definition) is 1. The molecule has 1 aromatic rings. The Kier molecular flexibility index (Phi) is 3.22. The molecule has 0 amide bonds. The second kappa shape index (κ2) is 4.02. The van der Waals surface area contributed by atoms with E-state index in [4.69, 9.17) is 10.5 Å². The molecule has 0 radical (unpaired) electrons. The maximum absolute atomic E-state index is 13.3. The summed E-state index contributed by atoms with van der Waals surface area (Å²) in [5.74, 6) is -1.29. The molecule has 2 nitrogen and oxygen atoms in total. The molecular formula is C8H8BrF2NO. The summed E-state index contributed by atoms with van der Waals surface area (Å²) >= 11 is 2.94. The number of ether oxygens (including phenoxy) is 1. The highest BCUT2D eigenvalue weighted by molar-refractivity contribution is 9.10. The molecule has 0 unspecified atom stereocenters. The number of hydrogen-bond acceptors (Lipinski definition) is 2. The Morgan fingerprint density at radius 1 is 1.54 bits per heavy atom. The van der Waals surface area contributed by atoms with E-state index in [-0.39, 0.29) is 22.3 Å². The van der Waals surface area contributed by atoms with Crippen molar-refractivity contribution in [2.24, 2.45) is 5.73 Å². The number of methoxy groups -OCH3 is 1. The van der Waals surface area contributed by atoms with Crippen LogP contribution in [0.25, 0.3) is 0 Å². The van der Waals surface area contributed by atoms with Crippen LogP contribution in [-0.2, 0) is 6.54 Å². The molecule has 0 fully saturated rings. The van der Waals surface area contributed by atoms with Crippen LogP contribution in [-0.4, -0.2) is 7.11 Å². The average molecular weight is 252 g/mol. The van der Waals surface area contributed by atoms with Gasteiger partial charge < -0.3 is 10.5 Å². The minimum Gasteiger partial charge on any atom is -0.495 e. The molecule has 0 aliphatic carbocycles. The first-order chi connectivity index (χ1) is 6.11. The van der Waals surface area contributed by atoms with E-state index in [1.807, 2.05) is 0 Å². The first kappa shape index (κ1) is 10.4. The molecule has 0 spiro atoms. The summed E-state index contributed by atoms with van der Waals surface area (Å²) in [5, 5.41) is 0. The van der Waals surface area contributed by atoms with Crippen LogP contribution in [0.15, 0.2) is 10.5 Å². The maximum Gasteiger partial charge on any atom is 0.148 e. The molecule has 1 aromatic carbocycles. The predicted octanol–water partition coefficient (Wildman–Crippen LogP) is 2.19. The molecule has 0 aliphatic rings. The van der Waals surface area contributed by atoms with Gasteiger partial charge in [0, 0.05) is 18.2 Å². The Bertz CT molecular complexity index is 330. The molecule has 0 aromatic heterocycles. The maximum atomic E-state index is 13.3. The molecule has 0 atom stereocenters. The summed E-state index contributed by atoms with van der Waals surface area (Å²) in [6, 6.07) is 1.09.